The van der Waals surface area contributed by atoms with Crippen molar-refractivity contribution in [3.8, 4) is 6.07 Å². The maximum Gasteiger partial charge on any atom is 0.325 e. The van der Waals surface area contributed by atoms with Gasteiger partial charge in [0.1, 0.15) is 11.6 Å². The van der Waals surface area contributed by atoms with Crippen LogP contribution in [0.3, 0.4) is 0 Å². The molecule has 7 nitrogen and oxygen atoms in total. The number of carbonyl (C=O) groups excluding carboxylic acids is 3. The second-order valence-electron chi connectivity index (χ2n) is 6.00. The Morgan fingerprint density at radius 2 is 2.00 bits per heavy atom. The number of nitrogens with zero attached hydrogens (tertiary/aromatic N) is 2. The Morgan fingerprint density at radius 1 is 1.26 bits per heavy atom. The molecule has 2 rings (SSSR count). The van der Waals surface area contributed by atoms with Gasteiger partial charge in [-0.2, -0.15) is 5.26 Å². The van der Waals surface area contributed by atoms with Gasteiger partial charge >= 0.3 is 5.97 Å². The highest BCUT2D eigenvalue weighted by Gasteiger charge is 2.24. The first-order valence-electron chi connectivity index (χ1n) is 8.17. The highest BCUT2D eigenvalue weighted by molar-refractivity contribution is 7.09. The van der Waals surface area contributed by atoms with Crippen molar-refractivity contribution in [2.24, 2.45) is 0 Å². The zero-order valence-corrected chi connectivity index (χ0v) is 16.1. The topological polar surface area (TPSA) is 109 Å². The van der Waals surface area contributed by atoms with Crippen molar-refractivity contribution in [3.63, 3.8) is 0 Å². The molecule has 0 aliphatic rings. The number of amides is 1. The number of Topliss-reactive ketones (excluding diaryl/α,β-unsaturated/α-hetero) is 1. The quantitative estimate of drug-likeness (QED) is 0.732. The minimum Gasteiger partial charge on any atom is -0.456 e. The summed E-state index contributed by atoms with van der Waals surface area (Å²) in [5.41, 5.74) is 3.18. The van der Waals surface area contributed by atoms with Gasteiger partial charge in [0, 0.05) is 16.6 Å². The number of thiazole rings is 1. The van der Waals surface area contributed by atoms with Crippen LogP contribution >= 0.6 is 11.3 Å². The Bertz CT molecular complexity index is 914. The number of carbonyl (C=O) groups is 3. The fourth-order valence-electron chi connectivity index (χ4n) is 2.19. The zero-order chi connectivity index (χ0) is 20.0. The highest BCUT2D eigenvalue weighted by Crippen LogP contribution is 2.20. The summed E-state index contributed by atoms with van der Waals surface area (Å²) in [7, 11) is 0. The third-order valence-corrected chi connectivity index (χ3v) is 4.90. The van der Waals surface area contributed by atoms with Crippen molar-refractivity contribution in [1.29, 1.82) is 5.26 Å². The molecule has 0 saturated heterocycles. The van der Waals surface area contributed by atoms with E-state index in [0.29, 0.717) is 16.3 Å². The molecule has 0 aliphatic carbocycles. The van der Waals surface area contributed by atoms with Crippen molar-refractivity contribution in [2.45, 2.75) is 26.7 Å². The molecule has 0 bridgehead atoms. The molecule has 1 heterocycles. The van der Waals surface area contributed by atoms with Crippen molar-refractivity contribution in [3.05, 3.63) is 51.0 Å². The molecule has 0 unspecified atom stereocenters. The van der Waals surface area contributed by atoms with E-state index in [1.54, 1.807) is 24.4 Å². The number of aromatic nitrogens is 1. The van der Waals surface area contributed by atoms with Gasteiger partial charge in [-0.25, -0.2) is 4.98 Å². The number of esters is 1. The van der Waals surface area contributed by atoms with Crippen LogP contribution in [0.4, 0.5) is 0 Å². The fraction of sp³-hybridized carbons (Fsp3) is 0.316. The second-order valence-corrected chi connectivity index (χ2v) is 6.89. The van der Waals surface area contributed by atoms with E-state index in [9.17, 15) is 14.4 Å². The van der Waals surface area contributed by atoms with Crippen LogP contribution in [0, 0.1) is 32.1 Å². The number of ketones is 1. The van der Waals surface area contributed by atoms with E-state index >= 15 is 0 Å². The average molecular weight is 385 g/mol. The monoisotopic (exact) mass is 385 g/mol. The van der Waals surface area contributed by atoms with Crippen LogP contribution in [0.5, 0.6) is 0 Å². The van der Waals surface area contributed by atoms with E-state index in [-0.39, 0.29) is 6.54 Å². The molecular weight excluding hydrogens is 366 g/mol. The van der Waals surface area contributed by atoms with Gasteiger partial charge in [0.2, 0.25) is 0 Å². The lowest BCUT2D eigenvalue weighted by atomic mass is 10.1. The molecule has 0 fully saturated rings. The average Bonchev–Trinajstić information content (AvgIpc) is 3.06. The number of nitrogens with one attached hydrogen (secondary N) is 1. The van der Waals surface area contributed by atoms with Crippen molar-refractivity contribution < 1.29 is 19.1 Å². The number of nitriles is 1. The van der Waals surface area contributed by atoms with Gasteiger partial charge in [-0.1, -0.05) is 6.07 Å². The largest absolute Gasteiger partial charge is 0.456 e. The van der Waals surface area contributed by atoms with Crippen LogP contribution in [0.25, 0.3) is 0 Å². The Kier molecular flexibility index (Phi) is 6.79. The van der Waals surface area contributed by atoms with Crippen LogP contribution in [0.15, 0.2) is 23.6 Å². The summed E-state index contributed by atoms with van der Waals surface area (Å²) in [5, 5.41) is 13.7. The van der Waals surface area contributed by atoms with Gasteiger partial charge in [0.15, 0.2) is 18.3 Å². The van der Waals surface area contributed by atoms with E-state index in [1.165, 1.54) is 11.3 Å². The maximum atomic E-state index is 12.1. The SMILES string of the molecule is Cc1csc([C@@H](C#N)C(=O)COC(=O)CNC(=O)c2ccc(C)c(C)c2)n1. The number of benzene rings is 1. The first-order chi connectivity index (χ1) is 12.8. The summed E-state index contributed by atoms with van der Waals surface area (Å²) in [5.74, 6) is -2.79. The van der Waals surface area contributed by atoms with Gasteiger partial charge in [-0.15, -0.1) is 11.3 Å². The minimum absolute atomic E-state index is 0.368. The number of ether oxygens (including phenoxy) is 1. The summed E-state index contributed by atoms with van der Waals surface area (Å²) < 4.78 is 4.87. The maximum absolute atomic E-state index is 12.1. The molecule has 0 aliphatic heterocycles. The van der Waals surface area contributed by atoms with Crippen LogP contribution in [0.2, 0.25) is 0 Å². The molecular formula is C19H19N3O4S. The van der Waals surface area contributed by atoms with E-state index < -0.39 is 30.2 Å². The third kappa shape index (κ3) is 5.46. The molecule has 1 aromatic carbocycles. The van der Waals surface area contributed by atoms with Crippen LogP contribution < -0.4 is 5.32 Å². The Labute approximate surface area is 161 Å². The predicted molar refractivity (Wildman–Crippen MR) is 99.4 cm³/mol. The van der Waals surface area contributed by atoms with E-state index in [0.717, 1.165) is 11.1 Å². The zero-order valence-electron chi connectivity index (χ0n) is 15.2. The first kappa shape index (κ1) is 20.3. The molecule has 1 atom stereocenters. The number of rotatable bonds is 7. The molecule has 140 valence electrons. The smallest absolute Gasteiger partial charge is 0.325 e. The van der Waals surface area contributed by atoms with Gasteiger partial charge < -0.3 is 10.1 Å². The number of hydrogen-bond acceptors (Lipinski definition) is 7. The van der Waals surface area contributed by atoms with Crippen LogP contribution in [-0.2, 0) is 14.3 Å². The van der Waals surface area contributed by atoms with Crippen LogP contribution in [-0.4, -0.2) is 35.8 Å². The summed E-state index contributed by atoms with van der Waals surface area (Å²) in [6, 6.07) is 7.09. The van der Waals surface area contributed by atoms with E-state index in [2.05, 4.69) is 10.3 Å². The summed E-state index contributed by atoms with van der Waals surface area (Å²) in [4.78, 5) is 40.0. The lowest BCUT2D eigenvalue weighted by molar-refractivity contribution is -0.146. The molecule has 1 aromatic heterocycles. The van der Waals surface area contributed by atoms with Gasteiger partial charge in [0.05, 0.1) is 6.07 Å². The molecule has 8 heteroatoms. The highest BCUT2D eigenvalue weighted by atomic mass is 32.1. The van der Waals surface area contributed by atoms with E-state index in [4.69, 9.17) is 10.00 Å². The van der Waals surface area contributed by atoms with Gasteiger partial charge in [0.25, 0.3) is 5.91 Å². The van der Waals surface area contributed by atoms with Crippen molar-refractivity contribution in [2.75, 3.05) is 13.2 Å². The normalized spacial score (nSPS) is 11.3. The lowest BCUT2D eigenvalue weighted by Gasteiger charge is -2.09. The Morgan fingerprint density at radius 3 is 2.59 bits per heavy atom. The lowest BCUT2D eigenvalue weighted by Crippen LogP contribution is -2.32. The van der Waals surface area contributed by atoms with Gasteiger partial charge in [-0.3, -0.25) is 14.4 Å². The molecule has 0 saturated carbocycles. The molecule has 27 heavy (non-hydrogen) atoms. The Balaban J connectivity index is 1.83. The van der Waals surface area contributed by atoms with Crippen LogP contribution in [0.1, 0.15) is 38.1 Å². The summed E-state index contributed by atoms with van der Waals surface area (Å²) >= 11 is 1.21. The van der Waals surface area contributed by atoms with Crippen molar-refractivity contribution >= 4 is 29.0 Å². The molecule has 2 aromatic rings. The number of aryl methyl sites for hydroxylation is 3. The summed E-state index contributed by atoms with van der Waals surface area (Å²) in [6.45, 7) is 4.67. The minimum atomic E-state index is -1.07. The summed E-state index contributed by atoms with van der Waals surface area (Å²) in [6.07, 6.45) is 0. The standard InChI is InChI=1S/C19H19N3O4S/c1-11-4-5-14(6-12(11)2)18(25)21-8-17(24)26-9-16(23)15(7-20)19-22-13(3)10-27-19/h4-6,10,15H,8-9H2,1-3H3,(H,21,25)/t15-/m0/s1. The predicted octanol–water partition coefficient (Wildman–Crippen LogP) is 2.22. The fourth-order valence-corrected chi connectivity index (χ4v) is 3.05. The first-order valence-corrected chi connectivity index (χ1v) is 9.05. The third-order valence-electron chi connectivity index (χ3n) is 3.87. The number of hydrogen-bond donors (Lipinski definition) is 1. The van der Waals surface area contributed by atoms with Gasteiger partial charge in [-0.05, 0) is 44.0 Å². The molecule has 0 radical (unpaired) electrons. The Hall–Kier alpha value is -3.05. The second kappa shape index (κ2) is 9.05. The van der Waals surface area contributed by atoms with E-state index in [1.807, 2.05) is 26.0 Å². The van der Waals surface area contributed by atoms with Crippen molar-refractivity contribution in [1.82, 2.24) is 10.3 Å². The molecule has 1 amide bonds. The molecule has 1 N–H and O–H groups in total. The molecule has 0 spiro atoms.